The summed E-state index contributed by atoms with van der Waals surface area (Å²) < 4.78 is 24.1. The van der Waals surface area contributed by atoms with Crippen LogP contribution in [-0.2, 0) is 0 Å². The van der Waals surface area contributed by atoms with Crippen molar-refractivity contribution in [2.24, 2.45) is 5.73 Å². The van der Waals surface area contributed by atoms with E-state index in [1.54, 1.807) is 24.5 Å². The van der Waals surface area contributed by atoms with Crippen LogP contribution in [0.3, 0.4) is 0 Å². The van der Waals surface area contributed by atoms with E-state index in [2.05, 4.69) is 15.9 Å². The van der Waals surface area contributed by atoms with Crippen molar-refractivity contribution in [3.8, 4) is 5.75 Å². The van der Waals surface area contributed by atoms with Gasteiger partial charge in [0.2, 0.25) is 0 Å². The Bertz CT molecular complexity index is 513. The zero-order chi connectivity index (χ0) is 12.4. The Morgan fingerprint density at radius 3 is 2.82 bits per heavy atom. The zero-order valence-corrected chi connectivity index (χ0v) is 10.7. The number of rotatable bonds is 3. The molecule has 0 amide bonds. The molecule has 0 fully saturated rings. The summed E-state index contributed by atoms with van der Waals surface area (Å²) >= 11 is 3.12. The number of methoxy groups -OCH3 is 1. The average molecular weight is 300 g/mol. The highest BCUT2D eigenvalue weighted by Gasteiger charge is 2.18. The normalized spacial score (nSPS) is 12.5. The summed E-state index contributed by atoms with van der Waals surface area (Å²) in [5, 5.41) is 0. The quantitative estimate of drug-likeness (QED) is 0.946. The minimum atomic E-state index is -0.489. The molecule has 1 heterocycles. The molecule has 0 aliphatic heterocycles. The van der Waals surface area contributed by atoms with Crippen molar-refractivity contribution in [3.63, 3.8) is 0 Å². The second-order valence-electron chi connectivity index (χ2n) is 3.50. The number of hydrogen-bond donors (Lipinski definition) is 1. The van der Waals surface area contributed by atoms with Crippen LogP contribution in [0.25, 0.3) is 0 Å². The maximum absolute atomic E-state index is 13.4. The van der Waals surface area contributed by atoms with E-state index in [-0.39, 0.29) is 0 Å². The first-order chi connectivity index (χ1) is 8.13. The van der Waals surface area contributed by atoms with Crippen molar-refractivity contribution in [2.75, 3.05) is 7.11 Å². The molecule has 1 aromatic carbocycles. The number of benzene rings is 1. The van der Waals surface area contributed by atoms with Crippen molar-refractivity contribution in [3.05, 3.63) is 52.1 Å². The first-order valence-corrected chi connectivity index (χ1v) is 5.74. The predicted octanol–water partition coefficient (Wildman–Crippen LogP) is 3.24. The molecule has 0 aliphatic carbocycles. The van der Waals surface area contributed by atoms with Crippen LogP contribution in [0.1, 0.15) is 17.4 Å². The number of furan rings is 1. The van der Waals surface area contributed by atoms with Gasteiger partial charge in [-0.3, -0.25) is 0 Å². The van der Waals surface area contributed by atoms with Gasteiger partial charge in [0.1, 0.15) is 17.3 Å². The summed E-state index contributed by atoms with van der Waals surface area (Å²) in [6, 6.07) is 5.92. The van der Waals surface area contributed by atoms with E-state index < -0.39 is 11.9 Å². The molecule has 0 radical (unpaired) electrons. The van der Waals surface area contributed by atoms with Crippen LogP contribution < -0.4 is 10.5 Å². The largest absolute Gasteiger partial charge is 0.496 e. The molecule has 2 aromatic rings. The molecule has 0 aliphatic rings. The summed E-state index contributed by atoms with van der Waals surface area (Å²) in [7, 11) is 1.47. The molecule has 3 nitrogen and oxygen atoms in total. The highest BCUT2D eigenvalue weighted by atomic mass is 79.9. The summed E-state index contributed by atoms with van der Waals surface area (Å²) in [6.07, 6.45) is 1.54. The van der Waals surface area contributed by atoms with E-state index in [0.29, 0.717) is 21.5 Å². The third-order valence-electron chi connectivity index (χ3n) is 2.46. The SMILES string of the molecule is COc1cc(F)c(Br)cc1C(N)c1ccco1. The van der Waals surface area contributed by atoms with E-state index in [1.807, 2.05) is 0 Å². The summed E-state index contributed by atoms with van der Waals surface area (Å²) in [4.78, 5) is 0. The van der Waals surface area contributed by atoms with E-state index >= 15 is 0 Å². The third-order valence-corrected chi connectivity index (χ3v) is 3.07. The molecule has 0 saturated heterocycles. The maximum Gasteiger partial charge on any atom is 0.141 e. The molecule has 17 heavy (non-hydrogen) atoms. The van der Waals surface area contributed by atoms with Gasteiger partial charge in [0, 0.05) is 11.6 Å². The van der Waals surface area contributed by atoms with Crippen LogP contribution in [-0.4, -0.2) is 7.11 Å². The van der Waals surface area contributed by atoms with Gasteiger partial charge in [-0.05, 0) is 34.1 Å². The number of halogens is 2. The van der Waals surface area contributed by atoms with Crippen LogP contribution in [0, 0.1) is 5.82 Å². The van der Waals surface area contributed by atoms with E-state index in [0.717, 1.165) is 0 Å². The van der Waals surface area contributed by atoms with Crippen LogP contribution in [0.2, 0.25) is 0 Å². The van der Waals surface area contributed by atoms with Crippen LogP contribution in [0.4, 0.5) is 4.39 Å². The monoisotopic (exact) mass is 299 g/mol. The Morgan fingerprint density at radius 2 is 2.24 bits per heavy atom. The lowest BCUT2D eigenvalue weighted by Gasteiger charge is -2.14. The second kappa shape index (κ2) is 4.89. The Morgan fingerprint density at radius 1 is 1.47 bits per heavy atom. The Balaban J connectivity index is 2.47. The van der Waals surface area contributed by atoms with Crippen LogP contribution in [0.5, 0.6) is 5.75 Å². The fraction of sp³-hybridized carbons (Fsp3) is 0.167. The molecule has 0 bridgehead atoms. The smallest absolute Gasteiger partial charge is 0.141 e. The van der Waals surface area contributed by atoms with Crippen molar-refractivity contribution >= 4 is 15.9 Å². The van der Waals surface area contributed by atoms with Crippen LogP contribution >= 0.6 is 15.9 Å². The topological polar surface area (TPSA) is 48.4 Å². The summed E-state index contributed by atoms with van der Waals surface area (Å²) in [5.74, 6) is 0.605. The molecule has 5 heteroatoms. The lowest BCUT2D eigenvalue weighted by atomic mass is 10.0. The molecule has 1 atom stereocenters. The molecule has 90 valence electrons. The standard InChI is InChI=1S/C12H11BrFNO2/c1-16-11-6-9(14)8(13)5-7(11)12(15)10-3-2-4-17-10/h2-6,12H,15H2,1H3. The minimum absolute atomic E-state index is 0.343. The van der Waals surface area contributed by atoms with Gasteiger partial charge in [0.05, 0.1) is 23.9 Å². The Labute approximate surface area is 106 Å². The molecule has 2 rings (SSSR count). The summed E-state index contributed by atoms with van der Waals surface area (Å²) in [5.41, 5.74) is 6.70. The predicted molar refractivity (Wildman–Crippen MR) is 65.4 cm³/mol. The van der Waals surface area contributed by atoms with Gasteiger partial charge in [-0.2, -0.15) is 0 Å². The van der Waals surface area contributed by atoms with Crippen LogP contribution in [0.15, 0.2) is 39.4 Å². The lowest BCUT2D eigenvalue weighted by Crippen LogP contribution is -2.12. The van der Waals surface area contributed by atoms with Gasteiger partial charge < -0.3 is 14.9 Å². The van der Waals surface area contributed by atoms with Gasteiger partial charge in [0.15, 0.2) is 0 Å². The number of ether oxygens (including phenoxy) is 1. The first kappa shape index (κ1) is 12.1. The number of hydrogen-bond acceptors (Lipinski definition) is 3. The molecular weight excluding hydrogens is 289 g/mol. The van der Waals surface area contributed by atoms with E-state index in [4.69, 9.17) is 14.9 Å². The molecule has 0 spiro atoms. The number of nitrogens with two attached hydrogens (primary N) is 1. The minimum Gasteiger partial charge on any atom is -0.496 e. The Kier molecular flexibility index (Phi) is 3.49. The highest BCUT2D eigenvalue weighted by Crippen LogP contribution is 2.32. The first-order valence-electron chi connectivity index (χ1n) is 4.95. The van der Waals surface area contributed by atoms with Crippen molar-refractivity contribution < 1.29 is 13.5 Å². The Hall–Kier alpha value is -1.33. The van der Waals surface area contributed by atoms with E-state index in [1.165, 1.54) is 13.2 Å². The fourth-order valence-electron chi connectivity index (χ4n) is 1.59. The molecule has 0 saturated carbocycles. The third kappa shape index (κ3) is 2.35. The maximum atomic E-state index is 13.4. The van der Waals surface area contributed by atoms with Gasteiger partial charge in [-0.1, -0.05) is 0 Å². The summed E-state index contributed by atoms with van der Waals surface area (Å²) in [6.45, 7) is 0. The van der Waals surface area contributed by atoms with Crippen molar-refractivity contribution in [2.45, 2.75) is 6.04 Å². The lowest BCUT2D eigenvalue weighted by molar-refractivity contribution is 0.399. The van der Waals surface area contributed by atoms with Gasteiger partial charge in [-0.15, -0.1) is 0 Å². The van der Waals surface area contributed by atoms with Crippen molar-refractivity contribution in [1.82, 2.24) is 0 Å². The average Bonchev–Trinajstić information content (AvgIpc) is 2.84. The van der Waals surface area contributed by atoms with Crippen molar-refractivity contribution in [1.29, 1.82) is 0 Å². The molecular formula is C12H11BrFNO2. The van der Waals surface area contributed by atoms with Gasteiger partial charge in [-0.25, -0.2) is 4.39 Å². The fourth-order valence-corrected chi connectivity index (χ4v) is 1.95. The second-order valence-corrected chi connectivity index (χ2v) is 4.36. The highest BCUT2D eigenvalue weighted by molar-refractivity contribution is 9.10. The zero-order valence-electron chi connectivity index (χ0n) is 9.11. The molecule has 2 N–H and O–H groups in total. The molecule has 1 aromatic heterocycles. The molecule has 1 unspecified atom stereocenters. The van der Waals surface area contributed by atoms with E-state index in [9.17, 15) is 4.39 Å². The van der Waals surface area contributed by atoms with Gasteiger partial charge >= 0.3 is 0 Å². The van der Waals surface area contributed by atoms with Gasteiger partial charge in [0.25, 0.3) is 0 Å².